The van der Waals surface area contributed by atoms with Crippen LogP contribution in [-0.4, -0.2) is 41.1 Å². The molecule has 0 saturated carbocycles. The van der Waals surface area contributed by atoms with Gasteiger partial charge in [-0.1, -0.05) is 0 Å². The minimum absolute atomic E-state index is 0.0110. The second-order valence-corrected chi connectivity index (χ2v) is 9.89. The second-order valence-electron chi connectivity index (χ2n) is 6.82. The molecule has 0 spiro atoms. The lowest BCUT2D eigenvalue weighted by atomic mass is 9.91. The van der Waals surface area contributed by atoms with Gasteiger partial charge in [0.15, 0.2) is 0 Å². The van der Waals surface area contributed by atoms with Gasteiger partial charge in [0.05, 0.1) is 0 Å². The van der Waals surface area contributed by atoms with Gasteiger partial charge < -0.3 is 17.8 Å². The third kappa shape index (κ3) is 4.22. The predicted molar refractivity (Wildman–Crippen MR) is 102 cm³/mol. The Morgan fingerprint density at radius 1 is 0.647 bits per heavy atom. The van der Waals surface area contributed by atoms with Crippen LogP contribution in [0.15, 0.2) is 36.4 Å². The van der Waals surface area contributed by atoms with Gasteiger partial charge in [-0.15, -0.1) is 0 Å². The van der Waals surface area contributed by atoms with E-state index < -0.39 is 42.8 Å². The monoisotopic (exact) mass is 532 g/mol. The fourth-order valence-electron chi connectivity index (χ4n) is 3.15. The van der Waals surface area contributed by atoms with Gasteiger partial charge in [-0.05, 0) is 24.3 Å². The molecule has 2 aliphatic heterocycles. The van der Waals surface area contributed by atoms with Gasteiger partial charge in [-0.2, -0.15) is 43.2 Å². The third-order valence-corrected chi connectivity index (χ3v) is 6.60. The van der Waals surface area contributed by atoms with Gasteiger partial charge >= 0.3 is 31.3 Å². The van der Waals surface area contributed by atoms with E-state index in [0.29, 0.717) is 22.3 Å². The van der Waals surface area contributed by atoms with Gasteiger partial charge in [-0.3, -0.25) is 0 Å². The van der Waals surface area contributed by atoms with E-state index >= 15 is 0 Å². The normalized spacial score (nSPS) is 15.9. The van der Waals surface area contributed by atoms with Crippen molar-refractivity contribution in [3.63, 3.8) is 0 Å². The largest absolute Gasteiger partial charge is 0.534 e. The van der Waals surface area contributed by atoms with Crippen LogP contribution in [0.1, 0.15) is 11.1 Å². The lowest BCUT2D eigenvalue weighted by Gasteiger charge is -2.29. The molecule has 0 fully saturated rings. The molecule has 0 radical (unpaired) electrons. The molecule has 0 bridgehead atoms. The van der Waals surface area contributed by atoms with Crippen LogP contribution < -0.4 is 17.8 Å². The number of fused-ring (bicyclic) bond motifs is 4. The first-order chi connectivity index (χ1) is 15.6. The summed E-state index contributed by atoms with van der Waals surface area (Å²) in [5, 5.41) is 0. The van der Waals surface area contributed by atoms with Crippen molar-refractivity contribution in [2.75, 3.05) is 13.2 Å². The molecule has 34 heavy (non-hydrogen) atoms. The summed E-state index contributed by atoms with van der Waals surface area (Å²) >= 11 is 0. The Hall–Kier alpha value is -3.14. The Morgan fingerprint density at radius 3 is 1.32 bits per heavy atom. The Balaban J connectivity index is 1.64. The Morgan fingerprint density at radius 2 is 1.00 bits per heavy atom. The minimum atomic E-state index is -5.88. The van der Waals surface area contributed by atoms with Crippen molar-refractivity contribution in [1.29, 1.82) is 0 Å². The van der Waals surface area contributed by atoms with Gasteiger partial charge in [0.1, 0.15) is 36.2 Å². The van der Waals surface area contributed by atoms with Crippen LogP contribution in [0.2, 0.25) is 0 Å². The van der Waals surface area contributed by atoms with Crippen LogP contribution in [0.3, 0.4) is 0 Å². The van der Waals surface area contributed by atoms with Crippen molar-refractivity contribution in [1.82, 2.24) is 0 Å². The first-order valence-corrected chi connectivity index (χ1v) is 11.7. The molecule has 4 rings (SSSR count). The van der Waals surface area contributed by atoms with E-state index in [1.807, 2.05) is 0 Å². The Labute approximate surface area is 187 Å². The van der Waals surface area contributed by atoms with Crippen LogP contribution in [-0.2, 0) is 20.2 Å². The molecule has 0 atom stereocenters. The van der Waals surface area contributed by atoms with E-state index in [1.165, 1.54) is 12.1 Å². The molecule has 0 unspecified atom stereocenters. The molecule has 2 heterocycles. The van der Waals surface area contributed by atoms with Gasteiger partial charge in [0.2, 0.25) is 0 Å². The van der Waals surface area contributed by atoms with E-state index in [0.717, 1.165) is 24.3 Å². The molecule has 2 aromatic rings. The maximum Gasteiger partial charge on any atom is 0.534 e. The maximum absolute atomic E-state index is 12.5. The topological polar surface area (TPSA) is 105 Å². The summed E-state index contributed by atoms with van der Waals surface area (Å²) in [4.78, 5) is 0. The van der Waals surface area contributed by atoms with Crippen LogP contribution in [0.4, 0.5) is 26.3 Å². The van der Waals surface area contributed by atoms with Crippen LogP contribution in [0.25, 0.3) is 11.1 Å². The molecule has 0 amide bonds. The van der Waals surface area contributed by atoms with E-state index in [2.05, 4.69) is 8.37 Å². The predicted octanol–water partition coefficient (Wildman–Crippen LogP) is 3.84. The highest BCUT2D eigenvalue weighted by atomic mass is 32.2. The highest BCUT2D eigenvalue weighted by Gasteiger charge is 2.49. The van der Waals surface area contributed by atoms with Crippen molar-refractivity contribution in [2.45, 2.75) is 11.0 Å². The Kier molecular flexibility index (Phi) is 5.43. The number of halogens is 6. The third-order valence-electron chi connectivity index (χ3n) is 4.64. The van der Waals surface area contributed by atoms with Crippen LogP contribution >= 0.6 is 0 Å². The number of rotatable bonds is 4. The maximum atomic E-state index is 12.5. The van der Waals surface area contributed by atoms with Crippen LogP contribution in [0.5, 0.6) is 23.0 Å². The minimum Gasteiger partial charge on any atom is -0.488 e. The SMILES string of the molecule is O=S(=O)(Oc1ccc2c(c1)OCC1=C2COc2cc(OS(=O)(=O)C(F)(F)F)ccc21)C(F)(F)F. The van der Waals surface area contributed by atoms with Crippen molar-refractivity contribution >= 4 is 31.4 Å². The zero-order chi connectivity index (χ0) is 25.1. The zero-order valence-electron chi connectivity index (χ0n) is 16.2. The molecule has 184 valence electrons. The van der Waals surface area contributed by atoms with Gasteiger partial charge in [-0.25, -0.2) is 0 Å². The molecular formula is C18H10F6O8S2. The molecular weight excluding hydrogens is 522 g/mol. The lowest BCUT2D eigenvalue weighted by molar-refractivity contribution is -0.0504. The average Bonchev–Trinajstić information content (AvgIpc) is 2.70. The van der Waals surface area contributed by atoms with Gasteiger partial charge in [0, 0.05) is 34.4 Å². The fraction of sp³-hybridized carbons (Fsp3) is 0.222. The summed E-state index contributed by atoms with van der Waals surface area (Å²) in [6.07, 6.45) is 0. The standard InChI is InChI=1S/C18H10F6O8S2/c19-17(20,21)33(25,26)31-9-1-3-11-13-7-30-16-6-10(32-34(27,28)18(22,23)24)2-4-12(16)14(13)8-29-15(11)5-9/h1-6H,7-8H2. The lowest BCUT2D eigenvalue weighted by Crippen LogP contribution is -2.28. The highest BCUT2D eigenvalue weighted by Crippen LogP contribution is 2.45. The highest BCUT2D eigenvalue weighted by molar-refractivity contribution is 7.88. The smallest absolute Gasteiger partial charge is 0.488 e. The van der Waals surface area contributed by atoms with Crippen molar-refractivity contribution < 1.29 is 61.0 Å². The van der Waals surface area contributed by atoms with Crippen molar-refractivity contribution in [3.8, 4) is 23.0 Å². The number of ether oxygens (including phenoxy) is 2. The van der Waals surface area contributed by atoms with Crippen LogP contribution in [0, 0.1) is 0 Å². The number of benzene rings is 2. The summed E-state index contributed by atoms with van der Waals surface area (Å²) < 4.78 is 139. The van der Waals surface area contributed by atoms with E-state index in [-0.39, 0.29) is 24.7 Å². The van der Waals surface area contributed by atoms with E-state index in [1.54, 1.807) is 0 Å². The number of hydrogen-bond donors (Lipinski definition) is 0. The summed E-state index contributed by atoms with van der Waals surface area (Å²) in [5.41, 5.74) is -9.52. The summed E-state index contributed by atoms with van der Waals surface area (Å²) in [6.45, 7) is -0.315. The number of alkyl halides is 6. The Bertz CT molecular complexity index is 1300. The molecule has 0 saturated heterocycles. The first kappa shape index (κ1) is 24.0. The second kappa shape index (κ2) is 7.69. The molecule has 16 heteroatoms. The summed E-state index contributed by atoms with van der Waals surface area (Å²) in [5.74, 6) is -1.25. The average molecular weight is 532 g/mol. The van der Waals surface area contributed by atoms with Gasteiger partial charge in [0.25, 0.3) is 0 Å². The quantitative estimate of drug-likeness (QED) is 0.333. The molecule has 0 aliphatic carbocycles. The first-order valence-electron chi connectivity index (χ1n) is 8.87. The molecule has 2 aromatic carbocycles. The molecule has 2 aliphatic rings. The molecule has 8 nitrogen and oxygen atoms in total. The van der Waals surface area contributed by atoms with E-state index in [4.69, 9.17) is 9.47 Å². The number of hydrogen-bond acceptors (Lipinski definition) is 8. The summed E-state index contributed by atoms with van der Waals surface area (Å²) in [6, 6.07) is 6.39. The fourth-order valence-corrected chi connectivity index (χ4v) is 4.05. The zero-order valence-corrected chi connectivity index (χ0v) is 17.9. The molecule has 0 N–H and O–H groups in total. The summed E-state index contributed by atoms with van der Waals surface area (Å²) in [7, 11) is -11.8. The van der Waals surface area contributed by atoms with Crippen molar-refractivity contribution in [2.24, 2.45) is 0 Å². The van der Waals surface area contributed by atoms with Crippen molar-refractivity contribution in [3.05, 3.63) is 47.5 Å². The molecule has 0 aromatic heterocycles. The van der Waals surface area contributed by atoms with E-state index in [9.17, 15) is 43.2 Å².